The molecule has 0 saturated heterocycles. The molecule has 3 rings (SSSR count). The van der Waals surface area contributed by atoms with Gasteiger partial charge in [0.1, 0.15) is 0 Å². The van der Waals surface area contributed by atoms with Crippen LogP contribution in [-0.2, 0) is 22.5 Å². The Balaban J connectivity index is 1.61. The smallest absolute Gasteiger partial charge is 0.310 e. The lowest BCUT2D eigenvalue weighted by molar-refractivity contribution is -0.141. The van der Waals surface area contributed by atoms with Gasteiger partial charge in [-0.3, -0.25) is 14.3 Å². The molecule has 2 aromatic rings. The summed E-state index contributed by atoms with van der Waals surface area (Å²) in [5.41, 5.74) is 5.46. The van der Waals surface area contributed by atoms with E-state index in [1.807, 2.05) is 38.4 Å². The molecule has 0 N–H and O–H groups in total. The van der Waals surface area contributed by atoms with E-state index < -0.39 is 0 Å². The Morgan fingerprint density at radius 3 is 2.46 bits per heavy atom. The molecule has 0 spiro atoms. The number of nitrogens with zero attached hydrogens (tertiary/aromatic N) is 3. The van der Waals surface area contributed by atoms with Gasteiger partial charge in [0, 0.05) is 40.8 Å². The third-order valence-corrected chi connectivity index (χ3v) is 5.45. The minimum atomic E-state index is -0.389. The van der Waals surface area contributed by atoms with Crippen molar-refractivity contribution in [3.63, 3.8) is 0 Å². The number of rotatable bonds is 8. The van der Waals surface area contributed by atoms with E-state index in [1.165, 1.54) is 12.8 Å². The predicted octanol–water partition coefficient (Wildman–Crippen LogP) is 3.88. The van der Waals surface area contributed by atoms with Crippen molar-refractivity contribution in [1.82, 2.24) is 14.3 Å². The highest BCUT2D eigenvalue weighted by molar-refractivity contribution is 5.99. The average molecular weight is 386 g/mol. The van der Waals surface area contributed by atoms with Crippen molar-refractivity contribution in [3.8, 4) is 0 Å². The van der Waals surface area contributed by atoms with Crippen LogP contribution in [-0.4, -0.2) is 32.7 Å². The molecular weight excluding hydrogens is 354 g/mol. The predicted molar refractivity (Wildman–Crippen MR) is 108 cm³/mol. The van der Waals surface area contributed by atoms with Crippen LogP contribution >= 0.6 is 0 Å². The molecule has 0 amide bonds. The summed E-state index contributed by atoms with van der Waals surface area (Å²) in [6.45, 7) is 12.7. The summed E-state index contributed by atoms with van der Waals surface area (Å²) in [5.74, 6) is -0.0537. The average Bonchev–Trinajstić information content (AvgIpc) is 3.35. The van der Waals surface area contributed by atoms with Crippen molar-refractivity contribution >= 4 is 11.8 Å². The van der Waals surface area contributed by atoms with Crippen molar-refractivity contribution in [1.29, 1.82) is 0 Å². The molecule has 6 nitrogen and oxygen atoms in total. The van der Waals surface area contributed by atoms with Crippen LogP contribution in [0.4, 0.5) is 0 Å². The van der Waals surface area contributed by atoms with Gasteiger partial charge < -0.3 is 9.30 Å². The number of aryl methyl sites for hydroxylation is 2. The second-order valence-electron chi connectivity index (χ2n) is 8.37. The first-order chi connectivity index (χ1) is 13.2. The number of esters is 1. The molecule has 2 heterocycles. The Morgan fingerprint density at radius 2 is 1.86 bits per heavy atom. The number of Topliss-reactive ketones (excluding diaryl/α,β-unsaturated/α-hetero) is 1. The topological polar surface area (TPSA) is 66.1 Å². The molecule has 0 unspecified atom stereocenters. The first-order valence-corrected chi connectivity index (χ1v) is 10.1. The van der Waals surface area contributed by atoms with Crippen molar-refractivity contribution < 1.29 is 14.3 Å². The molecular formula is C22H31N3O3. The van der Waals surface area contributed by atoms with Crippen molar-refractivity contribution in [2.45, 2.75) is 73.4 Å². The monoisotopic (exact) mass is 385 g/mol. The van der Waals surface area contributed by atoms with E-state index in [2.05, 4.69) is 23.5 Å². The highest BCUT2D eigenvalue weighted by Crippen LogP contribution is 2.38. The van der Waals surface area contributed by atoms with Gasteiger partial charge in [0.15, 0.2) is 6.61 Å². The van der Waals surface area contributed by atoms with Crippen LogP contribution in [0, 0.1) is 33.6 Å². The second kappa shape index (κ2) is 7.94. The maximum atomic E-state index is 12.6. The molecule has 0 bridgehead atoms. The first kappa shape index (κ1) is 20.4. The third kappa shape index (κ3) is 4.21. The SMILES string of the molecule is Cc1nn(CC(C)C)c(C)c1CC(=O)OCC(=O)c1cc(C)n(C2CC2)c1C. The Kier molecular flexibility index (Phi) is 5.77. The molecule has 0 radical (unpaired) electrons. The number of carbonyl (C=O) groups is 2. The number of ketones is 1. The Morgan fingerprint density at radius 1 is 1.18 bits per heavy atom. The van der Waals surface area contributed by atoms with Crippen molar-refractivity contribution in [2.75, 3.05) is 6.61 Å². The Hall–Kier alpha value is -2.37. The van der Waals surface area contributed by atoms with Gasteiger partial charge in [-0.05, 0) is 52.5 Å². The fraction of sp³-hybridized carbons (Fsp3) is 0.591. The quantitative estimate of drug-likeness (QED) is 0.511. The summed E-state index contributed by atoms with van der Waals surface area (Å²) >= 11 is 0. The molecule has 0 aliphatic heterocycles. The van der Waals surface area contributed by atoms with Crippen LogP contribution in [0.2, 0.25) is 0 Å². The van der Waals surface area contributed by atoms with E-state index in [1.54, 1.807) is 0 Å². The maximum Gasteiger partial charge on any atom is 0.310 e. The van der Waals surface area contributed by atoms with Crippen molar-refractivity contribution in [2.24, 2.45) is 5.92 Å². The molecule has 1 aliphatic carbocycles. The highest BCUT2D eigenvalue weighted by Gasteiger charge is 2.28. The lowest BCUT2D eigenvalue weighted by atomic mass is 10.1. The van der Waals surface area contributed by atoms with Gasteiger partial charge in [-0.15, -0.1) is 0 Å². The number of hydrogen-bond acceptors (Lipinski definition) is 4. The number of aromatic nitrogens is 3. The summed E-state index contributed by atoms with van der Waals surface area (Å²) in [6.07, 6.45) is 2.48. The Labute approximate surface area is 166 Å². The van der Waals surface area contributed by atoms with Gasteiger partial charge in [-0.1, -0.05) is 13.8 Å². The fourth-order valence-electron chi connectivity index (χ4n) is 3.89. The minimum Gasteiger partial charge on any atom is -0.457 e. The van der Waals surface area contributed by atoms with Gasteiger partial charge in [0.05, 0.1) is 12.1 Å². The molecule has 0 atom stereocenters. The van der Waals surface area contributed by atoms with Crippen LogP contribution in [0.15, 0.2) is 6.07 Å². The molecule has 0 aromatic carbocycles. The summed E-state index contributed by atoms with van der Waals surface area (Å²) in [7, 11) is 0. The zero-order valence-electron chi connectivity index (χ0n) is 17.8. The fourth-order valence-corrected chi connectivity index (χ4v) is 3.89. The molecule has 1 saturated carbocycles. The zero-order valence-corrected chi connectivity index (χ0v) is 17.8. The van der Waals surface area contributed by atoms with Gasteiger partial charge in [0.2, 0.25) is 5.78 Å². The van der Waals surface area contributed by atoms with Crippen LogP contribution in [0.5, 0.6) is 0 Å². The van der Waals surface area contributed by atoms with Gasteiger partial charge >= 0.3 is 5.97 Å². The van der Waals surface area contributed by atoms with E-state index in [0.29, 0.717) is 17.5 Å². The molecule has 152 valence electrons. The number of carbonyl (C=O) groups excluding carboxylic acids is 2. The molecule has 2 aromatic heterocycles. The summed E-state index contributed by atoms with van der Waals surface area (Å²) < 4.78 is 9.48. The van der Waals surface area contributed by atoms with Gasteiger partial charge in [-0.25, -0.2) is 0 Å². The normalized spacial score (nSPS) is 14.0. The lowest BCUT2D eigenvalue weighted by Gasteiger charge is -2.09. The van der Waals surface area contributed by atoms with Crippen LogP contribution in [0.1, 0.15) is 71.4 Å². The summed E-state index contributed by atoms with van der Waals surface area (Å²) in [6, 6.07) is 2.44. The minimum absolute atomic E-state index is 0.141. The van der Waals surface area contributed by atoms with Crippen LogP contribution < -0.4 is 0 Å². The van der Waals surface area contributed by atoms with E-state index >= 15 is 0 Å². The standard InChI is InChI=1S/C22H31N3O3/c1-13(2)11-24-16(5)19(15(4)23-24)10-22(27)28-12-21(26)20-9-14(3)25(17(20)6)18-7-8-18/h9,13,18H,7-8,10-12H2,1-6H3. The third-order valence-electron chi connectivity index (χ3n) is 5.45. The number of hydrogen-bond donors (Lipinski definition) is 0. The van der Waals surface area contributed by atoms with Crippen LogP contribution in [0.25, 0.3) is 0 Å². The number of ether oxygens (including phenoxy) is 1. The van der Waals surface area contributed by atoms with Crippen molar-refractivity contribution in [3.05, 3.63) is 40.0 Å². The van der Waals surface area contributed by atoms with E-state index in [0.717, 1.165) is 34.9 Å². The molecule has 1 fully saturated rings. The van der Waals surface area contributed by atoms with Gasteiger partial charge in [0.25, 0.3) is 0 Å². The van der Waals surface area contributed by atoms with E-state index in [-0.39, 0.29) is 24.8 Å². The maximum absolute atomic E-state index is 12.6. The largest absolute Gasteiger partial charge is 0.457 e. The summed E-state index contributed by atoms with van der Waals surface area (Å²) in [5, 5.41) is 4.53. The zero-order chi connectivity index (χ0) is 20.6. The Bertz CT molecular complexity index is 901. The lowest BCUT2D eigenvalue weighted by Crippen LogP contribution is -2.17. The highest BCUT2D eigenvalue weighted by atomic mass is 16.5. The molecule has 28 heavy (non-hydrogen) atoms. The second-order valence-corrected chi connectivity index (χ2v) is 8.37. The van der Waals surface area contributed by atoms with E-state index in [9.17, 15) is 9.59 Å². The van der Waals surface area contributed by atoms with Crippen LogP contribution in [0.3, 0.4) is 0 Å². The first-order valence-electron chi connectivity index (χ1n) is 10.1. The molecule has 1 aliphatic rings. The molecule has 6 heteroatoms. The van der Waals surface area contributed by atoms with E-state index in [4.69, 9.17) is 4.74 Å². The van der Waals surface area contributed by atoms with Gasteiger partial charge in [-0.2, -0.15) is 5.10 Å². The summed E-state index contributed by atoms with van der Waals surface area (Å²) in [4.78, 5) is 24.9.